The van der Waals surface area contributed by atoms with Crippen LogP contribution in [0.25, 0.3) is 32.8 Å². The summed E-state index contributed by atoms with van der Waals surface area (Å²) in [6.07, 6.45) is 5.35. The van der Waals surface area contributed by atoms with Crippen molar-refractivity contribution in [2.45, 2.75) is 6.92 Å². The summed E-state index contributed by atoms with van der Waals surface area (Å²) in [5, 5.41) is 15.8. The van der Waals surface area contributed by atoms with Gasteiger partial charge < -0.3 is 5.32 Å². The Morgan fingerprint density at radius 3 is 2.93 bits per heavy atom. The topological polar surface area (TPSA) is 83.6 Å². The second-order valence-electron chi connectivity index (χ2n) is 6.46. The van der Waals surface area contributed by atoms with Crippen LogP contribution in [0.5, 0.6) is 0 Å². The summed E-state index contributed by atoms with van der Waals surface area (Å²) in [5.74, 6) is -0.230. The molecule has 0 aliphatic carbocycles. The maximum atomic E-state index is 12.6. The Kier molecular flexibility index (Phi) is 3.87. The number of amides is 1. The van der Waals surface area contributed by atoms with Crippen molar-refractivity contribution in [1.29, 1.82) is 0 Å². The SMILES string of the molecule is Cc1nc(C(=O)Nc2cc(-c3cccc4cnccc34)cc3[nH]ncc23)cs1. The van der Waals surface area contributed by atoms with Crippen molar-refractivity contribution in [1.82, 2.24) is 20.2 Å². The monoisotopic (exact) mass is 385 g/mol. The average Bonchev–Trinajstić information content (AvgIpc) is 3.36. The molecule has 6 nitrogen and oxygen atoms in total. The average molecular weight is 385 g/mol. The minimum atomic E-state index is -0.230. The van der Waals surface area contributed by atoms with Crippen molar-refractivity contribution >= 4 is 44.6 Å². The molecule has 0 fully saturated rings. The van der Waals surface area contributed by atoms with Crippen molar-refractivity contribution in [2.75, 3.05) is 5.32 Å². The number of anilines is 1. The molecule has 0 unspecified atom stereocenters. The van der Waals surface area contributed by atoms with E-state index in [0.717, 1.165) is 37.8 Å². The first-order chi connectivity index (χ1) is 13.7. The van der Waals surface area contributed by atoms with E-state index in [2.05, 4.69) is 31.5 Å². The number of carbonyl (C=O) groups excluding carboxylic acids is 1. The number of fused-ring (bicyclic) bond motifs is 2. The fraction of sp³-hybridized carbons (Fsp3) is 0.0476. The number of aromatic amines is 1. The molecule has 5 aromatic rings. The predicted octanol–water partition coefficient (Wildman–Crippen LogP) is 4.80. The summed E-state index contributed by atoms with van der Waals surface area (Å²) in [6, 6.07) is 12.1. The molecule has 28 heavy (non-hydrogen) atoms. The zero-order valence-corrected chi connectivity index (χ0v) is 15.7. The molecule has 3 heterocycles. The number of pyridine rings is 1. The molecule has 1 amide bonds. The summed E-state index contributed by atoms with van der Waals surface area (Å²) in [6.45, 7) is 1.88. The molecular formula is C21H15N5OS. The Hall–Kier alpha value is -3.58. The maximum Gasteiger partial charge on any atom is 0.275 e. The van der Waals surface area contributed by atoms with Crippen LogP contribution in [0.15, 0.2) is 60.4 Å². The van der Waals surface area contributed by atoms with Gasteiger partial charge in [-0.3, -0.25) is 14.9 Å². The van der Waals surface area contributed by atoms with Gasteiger partial charge in [0.1, 0.15) is 5.69 Å². The van der Waals surface area contributed by atoms with Gasteiger partial charge in [-0.1, -0.05) is 18.2 Å². The second-order valence-corrected chi connectivity index (χ2v) is 7.53. The van der Waals surface area contributed by atoms with Gasteiger partial charge >= 0.3 is 0 Å². The van der Waals surface area contributed by atoms with Crippen LogP contribution < -0.4 is 5.32 Å². The van der Waals surface area contributed by atoms with Gasteiger partial charge in [-0.15, -0.1) is 11.3 Å². The third-order valence-electron chi connectivity index (χ3n) is 4.65. The molecule has 0 saturated heterocycles. The fourth-order valence-corrected chi connectivity index (χ4v) is 3.93. The molecule has 2 N–H and O–H groups in total. The van der Waals surface area contributed by atoms with Gasteiger partial charge in [0.05, 0.1) is 22.4 Å². The van der Waals surface area contributed by atoms with Crippen LogP contribution in [0, 0.1) is 6.92 Å². The van der Waals surface area contributed by atoms with Gasteiger partial charge in [-0.2, -0.15) is 5.10 Å². The molecule has 0 atom stereocenters. The van der Waals surface area contributed by atoms with Gasteiger partial charge in [-0.05, 0) is 41.6 Å². The number of thiazole rings is 1. The highest BCUT2D eigenvalue weighted by Crippen LogP contribution is 2.34. The van der Waals surface area contributed by atoms with Crippen molar-refractivity contribution in [3.8, 4) is 11.1 Å². The van der Waals surface area contributed by atoms with Crippen molar-refractivity contribution in [3.63, 3.8) is 0 Å². The molecule has 3 aromatic heterocycles. The van der Waals surface area contributed by atoms with E-state index in [0.29, 0.717) is 11.4 Å². The van der Waals surface area contributed by atoms with E-state index in [4.69, 9.17) is 0 Å². The van der Waals surface area contributed by atoms with Gasteiger partial charge in [0, 0.05) is 28.5 Å². The molecule has 0 saturated carbocycles. The molecule has 2 aromatic carbocycles. The zero-order chi connectivity index (χ0) is 19.1. The minimum absolute atomic E-state index is 0.230. The number of carbonyl (C=O) groups is 1. The lowest BCUT2D eigenvalue weighted by Gasteiger charge is -2.11. The first kappa shape index (κ1) is 16.6. The van der Waals surface area contributed by atoms with Crippen LogP contribution in [-0.2, 0) is 0 Å². The number of hydrogen-bond donors (Lipinski definition) is 2. The molecule has 0 aliphatic rings. The number of hydrogen-bond acceptors (Lipinski definition) is 5. The Morgan fingerprint density at radius 1 is 1.14 bits per heavy atom. The van der Waals surface area contributed by atoms with Gasteiger partial charge in [0.25, 0.3) is 5.91 Å². The third-order valence-corrected chi connectivity index (χ3v) is 5.42. The largest absolute Gasteiger partial charge is 0.320 e. The molecule has 0 spiro atoms. The van der Waals surface area contributed by atoms with Crippen molar-refractivity contribution < 1.29 is 4.79 Å². The number of aromatic nitrogens is 4. The third kappa shape index (κ3) is 2.82. The molecule has 7 heteroatoms. The van der Waals surface area contributed by atoms with Gasteiger partial charge in [0.2, 0.25) is 0 Å². The zero-order valence-electron chi connectivity index (χ0n) is 14.9. The predicted molar refractivity (Wildman–Crippen MR) is 112 cm³/mol. The van der Waals surface area contributed by atoms with Crippen LogP contribution >= 0.6 is 11.3 Å². The summed E-state index contributed by atoms with van der Waals surface area (Å²) in [7, 11) is 0. The van der Waals surface area contributed by atoms with E-state index >= 15 is 0 Å². The molecule has 5 rings (SSSR count). The van der Waals surface area contributed by atoms with Crippen LogP contribution in [0.4, 0.5) is 5.69 Å². The molecular weight excluding hydrogens is 370 g/mol. The molecule has 136 valence electrons. The Labute approximate surface area is 164 Å². The quantitative estimate of drug-likeness (QED) is 0.467. The first-order valence-electron chi connectivity index (χ1n) is 8.73. The lowest BCUT2D eigenvalue weighted by Crippen LogP contribution is -2.12. The van der Waals surface area contributed by atoms with Gasteiger partial charge in [0.15, 0.2) is 0 Å². The van der Waals surface area contributed by atoms with Gasteiger partial charge in [-0.25, -0.2) is 4.98 Å². The van der Waals surface area contributed by atoms with Crippen molar-refractivity contribution in [3.05, 3.63) is 71.1 Å². The lowest BCUT2D eigenvalue weighted by atomic mass is 9.98. The summed E-state index contributed by atoms with van der Waals surface area (Å²) >= 11 is 1.45. The maximum absolute atomic E-state index is 12.6. The van der Waals surface area contributed by atoms with Crippen LogP contribution in [0.1, 0.15) is 15.5 Å². The fourth-order valence-electron chi connectivity index (χ4n) is 3.34. The van der Waals surface area contributed by atoms with E-state index < -0.39 is 0 Å². The van der Waals surface area contributed by atoms with E-state index in [9.17, 15) is 4.79 Å². The molecule has 0 aliphatic heterocycles. The molecule has 0 radical (unpaired) electrons. The van der Waals surface area contributed by atoms with E-state index in [-0.39, 0.29) is 5.91 Å². The smallest absolute Gasteiger partial charge is 0.275 e. The number of aryl methyl sites for hydroxylation is 1. The Balaban J connectivity index is 1.64. The molecule has 0 bridgehead atoms. The summed E-state index contributed by atoms with van der Waals surface area (Å²) in [4.78, 5) is 21.1. The normalized spacial score (nSPS) is 11.2. The number of nitrogens with zero attached hydrogens (tertiary/aromatic N) is 3. The minimum Gasteiger partial charge on any atom is -0.320 e. The Morgan fingerprint density at radius 2 is 2.07 bits per heavy atom. The number of nitrogens with one attached hydrogen (secondary N) is 2. The second kappa shape index (κ2) is 6.54. The standard InChI is InChI=1S/C21H15N5OS/c1-12-24-20(11-28-12)21(27)25-18-7-14(8-19-17(18)10-23-26-19)15-4-2-3-13-9-22-6-5-16(13)15/h2-11H,1H3,(H,23,26)(H,25,27). The van der Waals surface area contributed by atoms with E-state index in [1.807, 2.05) is 43.5 Å². The number of rotatable bonds is 3. The van der Waals surface area contributed by atoms with Crippen LogP contribution in [0.3, 0.4) is 0 Å². The first-order valence-corrected chi connectivity index (χ1v) is 9.61. The lowest BCUT2D eigenvalue weighted by molar-refractivity contribution is 0.102. The summed E-state index contributed by atoms with van der Waals surface area (Å²) in [5.41, 5.74) is 4.02. The highest BCUT2D eigenvalue weighted by molar-refractivity contribution is 7.09. The van der Waals surface area contributed by atoms with Crippen LogP contribution in [-0.4, -0.2) is 26.1 Å². The number of H-pyrrole nitrogens is 1. The van der Waals surface area contributed by atoms with E-state index in [1.54, 1.807) is 17.8 Å². The Bertz CT molecular complexity index is 1330. The highest BCUT2D eigenvalue weighted by Gasteiger charge is 2.14. The van der Waals surface area contributed by atoms with Crippen LogP contribution in [0.2, 0.25) is 0 Å². The summed E-state index contributed by atoms with van der Waals surface area (Å²) < 4.78 is 0. The number of benzene rings is 2. The van der Waals surface area contributed by atoms with Crippen molar-refractivity contribution in [2.24, 2.45) is 0 Å². The van der Waals surface area contributed by atoms with E-state index in [1.165, 1.54) is 11.3 Å². The highest BCUT2D eigenvalue weighted by atomic mass is 32.1.